The molecule has 0 spiro atoms. The van der Waals surface area contributed by atoms with Crippen LogP contribution >= 0.6 is 23.7 Å². The molecule has 0 unspecified atom stereocenters. The molecule has 1 saturated heterocycles. The minimum Gasteiger partial charge on any atom is -0.422 e. The number of hydrogen-bond donors (Lipinski definition) is 1. The van der Waals surface area contributed by atoms with E-state index in [-0.39, 0.29) is 18.0 Å². The molecule has 6 rings (SSSR count). The van der Waals surface area contributed by atoms with Gasteiger partial charge in [0.2, 0.25) is 0 Å². The van der Waals surface area contributed by atoms with E-state index < -0.39 is 11.5 Å². The van der Waals surface area contributed by atoms with Crippen molar-refractivity contribution in [1.29, 1.82) is 0 Å². The number of aromatic nitrogens is 1. The van der Waals surface area contributed by atoms with E-state index in [1.54, 1.807) is 23.5 Å². The summed E-state index contributed by atoms with van der Waals surface area (Å²) < 4.78 is 6.66. The van der Waals surface area contributed by atoms with Crippen molar-refractivity contribution in [3.63, 3.8) is 0 Å². The molecule has 1 amide bonds. The van der Waals surface area contributed by atoms with Crippen LogP contribution in [0.3, 0.4) is 0 Å². The van der Waals surface area contributed by atoms with Crippen LogP contribution in [-0.2, 0) is 0 Å². The smallest absolute Gasteiger partial charge is 0.349 e. The van der Waals surface area contributed by atoms with Crippen LogP contribution in [0.15, 0.2) is 75.9 Å². The lowest BCUT2D eigenvalue weighted by Gasteiger charge is -2.34. The molecule has 0 bridgehead atoms. The number of halogens is 1. The summed E-state index contributed by atoms with van der Waals surface area (Å²) in [5.41, 5.74) is 0.948. The Morgan fingerprint density at radius 1 is 0.972 bits per heavy atom. The Hall–Kier alpha value is -3.46. The van der Waals surface area contributed by atoms with E-state index in [1.165, 1.54) is 4.70 Å². The Balaban J connectivity index is 0.00000267. The largest absolute Gasteiger partial charge is 0.422 e. The van der Waals surface area contributed by atoms with Gasteiger partial charge in [0.15, 0.2) is 5.13 Å². The third kappa shape index (κ3) is 4.67. The molecule has 1 aliphatic rings. The van der Waals surface area contributed by atoms with E-state index in [0.29, 0.717) is 12.1 Å². The zero-order valence-corrected chi connectivity index (χ0v) is 21.1. The Labute approximate surface area is 217 Å². The number of amides is 1. The van der Waals surface area contributed by atoms with Gasteiger partial charge in [-0.3, -0.25) is 9.69 Å². The van der Waals surface area contributed by atoms with Crippen molar-refractivity contribution in [1.82, 2.24) is 15.2 Å². The molecule has 5 aromatic rings. The lowest BCUT2D eigenvalue weighted by Crippen LogP contribution is -2.48. The number of nitrogens with zero attached hydrogens (tertiary/aromatic N) is 3. The van der Waals surface area contributed by atoms with Gasteiger partial charge in [-0.25, -0.2) is 9.78 Å². The maximum atomic E-state index is 12.8. The first-order valence-electron chi connectivity index (χ1n) is 11.7. The minimum atomic E-state index is -0.616. The SMILES string of the molecule is Cl.O=C(NCCN1CCN(c2nc3ccccc3s2)CC1)c1cc2c(ccc3ccccc32)oc1=O. The highest BCUT2D eigenvalue weighted by Crippen LogP contribution is 2.29. The first kappa shape index (κ1) is 24.2. The fraction of sp³-hybridized carbons (Fsp3) is 0.222. The maximum Gasteiger partial charge on any atom is 0.349 e. The molecule has 0 atom stereocenters. The lowest BCUT2D eigenvalue weighted by atomic mass is 10.0. The number of thiazole rings is 1. The molecule has 0 aliphatic carbocycles. The lowest BCUT2D eigenvalue weighted by molar-refractivity contribution is 0.0944. The van der Waals surface area contributed by atoms with Gasteiger partial charge in [-0.2, -0.15) is 0 Å². The number of carbonyl (C=O) groups excluding carboxylic acids is 1. The number of anilines is 1. The number of piperazine rings is 1. The first-order valence-corrected chi connectivity index (χ1v) is 12.5. The average molecular weight is 521 g/mol. The fourth-order valence-corrected chi connectivity index (χ4v) is 5.63. The maximum absolute atomic E-state index is 12.8. The number of para-hydroxylation sites is 1. The second-order valence-corrected chi connectivity index (χ2v) is 9.70. The Morgan fingerprint density at radius 2 is 1.75 bits per heavy atom. The van der Waals surface area contributed by atoms with Crippen LogP contribution in [0.2, 0.25) is 0 Å². The van der Waals surface area contributed by atoms with E-state index in [2.05, 4.69) is 21.2 Å². The molecule has 184 valence electrons. The molecular formula is C27H25ClN4O3S. The van der Waals surface area contributed by atoms with Crippen molar-refractivity contribution in [3.8, 4) is 0 Å². The van der Waals surface area contributed by atoms with Gasteiger partial charge in [0, 0.05) is 44.7 Å². The van der Waals surface area contributed by atoms with E-state index in [9.17, 15) is 9.59 Å². The van der Waals surface area contributed by atoms with Crippen LogP contribution in [0.25, 0.3) is 32.0 Å². The zero-order valence-electron chi connectivity index (χ0n) is 19.5. The van der Waals surface area contributed by atoms with Crippen LogP contribution in [0, 0.1) is 0 Å². The third-order valence-electron chi connectivity index (χ3n) is 6.53. The topological polar surface area (TPSA) is 78.7 Å². The van der Waals surface area contributed by atoms with Gasteiger partial charge in [0.25, 0.3) is 5.91 Å². The molecule has 0 saturated carbocycles. The van der Waals surface area contributed by atoms with Crippen LogP contribution in [0.5, 0.6) is 0 Å². The summed E-state index contributed by atoms with van der Waals surface area (Å²) in [4.78, 5) is 34.7. The molecule has 1 fully saturated rings. The summed E-state index contributed by atoms with van der Waals surface area (Å²) in [5, 5.41) is 6.71. The molecule has 36 heavy (non-hydrogen) atoms. The Kier molecular flexibility index (Phi) is 6.91. The van der Waals surface area contributed by atoms with Gasteiger partial charge in [-0.15, -0.1) is 12.4 Å². The van der Waals surface area contributed by atoms with Gasteiger partial charge < -0.3 is 14.6 Å². The van der Waals surface area contributed by atoms with Gasteiger partial charge in [0.1, 0.15) is 11.1 Å². The quantitative estimate of drug-likeness (QED) is 0.271. The summed E-state index contributed by atoms with van der Waals surface area (Å²) in [6, 6.07) is 21.4. The van der Waals surface area contributed by atoms with Crippen molar-refractivity contribution in [2.75, 3.05) is 44.2 Å². The number of benzene rings is 3. The van der Waals surface area contributed by atoms with E-state index in [4.69, 9.17) is 9.40 Å². The Morgan fingerprint density at radius 3 is 2.58 bits per heavy atom. The highest BCUT2D eigenvalue weighted by molar-refractivity contribution is 7.22. The molecule has 1 N–H and O–H groups in total. The molecule has 3 heterocycles. The van der Waals surface area contributed by atoms with E-state index >= 15 is 0 Å². The van der Waals surface area contributed by atoms with Crippen molar-refractivity contribution >= 4 is 66.7 Å². The van der Waals surface area contributed by atoms with Crippen molar-refractivity contribution in [3.05, 3.63) is 82.7 Å². The van der Waals surface area contributed by atoms with Crippen molar-refractivity contribution in [2.45, 2.75) is 0 Å². The predicted molar refractivity (Wildman–Crippen MR) is 148 cm³/mol. The second-order valence-electron chi connectivity index (χ2n) is 8.69. The second kappa shape index (κ2) is 10.3. The number of hydrogen-bond acceptors (Lipinski definition) is 7. The molecule has 7 nitrogen and oxygen atoms in total. The van der Waals surface area contributed by atoms with Crippen LogP contribution in [0.1, 0.15) is 10.4 Å². The normalized spacial score (nSPS) is 14.3. The molecule has 1 aliphatic heterocycles. The van der Waals surface area contributed by atoms with Crippen molar-refractivity contribution < 1.29 is 9.21 Å². The summed E-state index contributed by atoms with van der Waals surface area (Å²) in [5.74, 6) is -0.401. The highest BCUT2D eigenvalue weighted by atomic mass is 35.5. The minimum absolute atomic E-state index is 0. The number of fused-ring (bicyclic) bond motifs is 4. The van der Waals surface area contributed by atoms with E-state index in [1.807, 2.05) is 48.5 Å². The average Bonchev–Trinajstić information content (AvgIpc) is 3.33. The molecule has 2 aromatic heterocycles. The van der Waals surface area contributed by atoms with E-state index in [0.717, 1.165) is 59.5 Å². The Bertz CT molecular complexity index is 1570. The fourth-order valence-electron chi connectivity index (χ4n) is 4.61. The molecule has 3 aromatic carbocycles. The van der Waals surface area contributed by atoms with Crippen LogP contribution in [-0.4, -0.2) is 55.1 Å². The zero-order chi connectivity index (χ0) is 23.8. The van der Waals surface area contributed by atoms with Crippen LogP contribution in [0.4, 0.5) is 5.13 Å². The number of nitrogens with one attached hydrogen (secondary N) is 1. The molecular weight excluding hydrogens is 496 g/mol. The molecule has 0 radical (unpaired) electrons. The van der Waals surface area contributed by atoms with Crippen molar-refractivity contribution in [2.24, 2.45) is 0 Å². The first-order chi connectivity index (χ1) is 17.2. The summed E-state index contributed by atoms with van der Waals surface area (Å²) in [6.45, 7) is 4.78. The van der Waals surface area contributed by atoms with Gasteiger partial charge in [-0.1, -0.05) is 53.8 Å². The predicted octanol–water partition coefficient (Wildman–Crippen LogP) is 4.53. The summed E-state index contributed by atoms with van der Waals surface area (Å²) in [7, 11) is 0. The van der Waals surface area contributed by atoms with Crippen LogP contribution < -0.4 is 15.8 Å². The highest BCUT2D eigenvalue weighted by Gasteiger charge is 2.20. The van der Waals surface area contributed by atoms with Gasteiger partial charge in [0.05, 0.1) is 10.2 Å². The summed E-state index contributed by atoms with van der Waals surface area (Å²) >= 11 is 1.73. The van der Waals surface area contributed by atoms with Gasteiger partial charge >= 0.3 is 5.63 Å². The number of carbonyl (C=O) groups is 1. The monoisotopic (exact) mass is 520 g/mol. The van der Waals surface area contributed by atoms with Gasteiger partial charge in [-0.05, 0) is 35.0 Å². The standard InChI is InChI=1S/C27H24N4O3S.ClH/c32-25(21-17-20-19-6-2-1-5-18(19)9-10-23(20)34-26(21)33)28-11-12-30-13-15-31(16-14-30)27-29-22-7-3-4-8-24(22)35-27;/h1-10,17H,11-16H2,(H,28,32);1H. The third-order valence-corrected chi connectivity index (χ3v) is 7.62. The summed E-state index contributed by atoms with van der Waals surface area (Å²) in [6.07, 6.45) is 0. The molecule has 9 heteroatoms. The number of rotatable bonds is 5.